The van der Waals surface area contributed by atoms with Crippen molar-refractivity contribution in [2.45, 2.75) is 10.9 Å². The number of carbonyl (C=O) groups excluding carboxylic acids is 3. The predicted octanol–water partition coefficient (Wildman–Crippen LogP) is 0.365. The van der Waals surface area contributed by atoms with Crippen LogP contribution >= 0.6 is 0 Å². The number of sulfonamides is 1. The zero-order valence-corrected chi connectivity index (χ0v) is 19.1. The number of aryl methyl sites for hydroxylation is 1. The van der Waals surface area contributed by atoms with Crippen molar-refractivity contribution in [2.75, 3.05) is 32.1 Å². The summed E-state index contributed by atoms with van der Waals surface area (Å²) >= 11 is 0. The van der Waals surface area contributed by atoms with Crippen LogP contribution in [0.1, 0.15) is 10.5 Å². The Morgan fingerprint density at radius 1 is 1.17 bits per heavy atom. The topological polar surface area (TPSA) is 136 Å². The number of methoxy groups -OCH3 is 1. The second-order valence-electron chi connectivity index (χ2n) is 7.99. The summed E-state index contributed by atoms with van der Waals surface area (Å²) in [6.45, 7) is -0.243. The van der Waals surface area contributed by atoms with Crippen molar-refractivity contribution >= 4 is 33.5 Å². The number of nitrogens with one attached hydrogen (secondary N) is 2. The number of aromatic nitrogens is 1. The smallest absolute Gasteiger partial charge is 0.396 e. The van der Waals surface area contributed by atoms with Gasteiger partial charge in [0.05, 0.1) is 13.7 Å². The summed E-state index contributed by atoms with van der Waals surface area (Å²) in [6.07, 6.45) is 1.12. The number of carbonyl (C=O) groups is 3. The van der Waals surface area contributed by atoms with Crippen LogP contribution in [0.5, 0.6) is 5.75 Å². The van der Waals surface area contributed by atoms with E-state index in [1.165, 1.54) is 7.05 Å². The van der Waals surface area contributed by atoms with E-state index in [4.69, 9.17) is 4.74 Å². The highest BCUT2D eigenvalue weighted by molar-refractivity contribution is 7.89. The number of benzene rings is 1. The molecule has 1 saturated heterocycles. The fourth-order valence-electron chi connectivity index (χ4n) is 4.00. The number of ether oxygens (including phenoxy) is 2. The summed E-state index contributed by atoms with van der Waals surface area (Å²) in [5.74, 6) is -8.65. The fourth-order valence-corrected chi connectivity index (χ4v) is 5.49. The Kier molecular flexibility index (Phi) is 6.23. The molecule has 2 aliphatic heterocycles. The zero-order valence-electron chi connectivity index (χ0n) is 18.3. The van der Waals surface area contributed by atoms with Crippen molar-refractivity contribution in [1.29, 1.82) is 0 Å². The van der Waals surface area contributed by atoms with Gasteiger partial charge in [0.2, 0.25) is 10.0 Å². The lowest BCUT2D eigenvalue weighted by Crippen LogP contribution is -2.44. The maximum Gasteiger partial charge on any atom is 0.396 e. The molecule has 1 aromatic carbocycles. The Morgan fingerprint density at radius 3 is 2.46 bits per heavy atom. The average molecular weight is 516 g/mol. The molecule has 2 atom stereocenters. The second kappa shape index (κ2) is 8.88. The fraction of sp³-hybridized carbons (Fsp3) is 0.350. The van der Waals surface area contributed by atoms with Gasteiger partial charge in [0.1, 0.15) is 4.90 Å². The first kappa shape index (κ1) is 24.5. The van der Waals surface area contributed by atoms with Gasteiger partial charge in [-0.25, -0.2) is 31.1 Å². The molecule has 2 aromatic rings. The molecule has 11 nitrogen and oxygen atoms in total. The zero-order chi connectivity index (χ0) is 25.7. The van der Waals surface area contributed by atoms with Crippen LogP contribution in [-0.2, 0) is 31.4 Å². The van der Waals surface area contributed by atoms with E-state index in [-0.39, 0.29) is 36.0 Å². The van der Waals surface area contributed by atoms with E-state index in [1.54, 1.807) is 0 Å². The molecule has 0 bridgehead atoms. The third-order valence-corrected chi connectivity index (χ3v) is 7.17. The highest BCUT2D eigenvalue weighted by atomic mass is 32.2. The SMILES string of the molecule is COC(=O)C(=O)N1CC2COc3c(cn(C)c3C(=O)Nc3cc(F)c(F)c(F)c3)S(=O)(=O)NC2C1. The molecular formula is C20H19F3N4O7S. The average Bonchev–Trinajstić information content (AvgIpc) is 3.34. The molecule has 1 aromatic heterocycles. The Labute approximate surface area is 196 Å². The molecule has 35 heavy (non-hydrogen) atoms. The van der Waals surface area contributed by atoms with Crippen molar-refractivity contribution in [3.63, 3.8) is 0 Å². The normalized spacial score (nSPS) is 20.7. The van der Waals surface area contributed by atoms with Crippen molar-refractivity contribution in [3.8, 4) is 5.75 Å². The van der Waals surface area contributed by atoms with Gasteiger partial charge >= 0.3 is 11.9 Å². The monoisotopic (exact) mass is 516 g/mol. The lowest BCUT2D eigenvalue weighted by Gasteiger charge is -2.23. The molecule has 188 valence electrons. The molecule has 0 aliphatic carbocycles. The largest absolute Gasteiger partial charge is 0.489 e. The van der Waals surface area contributed by atoms with Crippen LogP contribution in [0.3, 0.4) is 0 Å². The van der Waals surface area contributed by atoms with Crippen LogP contribution in [0.4, 0.5) is 18.9 Å². The molecule has 2 amide bonds. The summed E-state index contributed by atoms with van der Waals surface area (Å²) in [4.78, 5) is 37.4. The number of halogens is 3. The maximum absolute atomic E-state index is 13.5. The molecule has 4 rings (SSSR count). The van der Waals surface area contributed by atoms with Crippen molar-refractivity contribution in [1.82, 2.24) is 14.2 Å². The second-order valence-corrected chi connectivity index (χ2v) is 9.67. The summed E-state index contributed by atoms with van der Waals surface area (Å²) in [7, 11) is -1.85. The first-order valence-corrected chi connectivity index (χ1v) is 11.6. The third-order valence-electron chi connectivity index (χ3n) is 5.69. The predicted molar refractivity (Wildman–Crippen MR) is 111 cm³/mol. The lowest BCUT2D eigenvalue weighted by atomic mass is 10.1. The van der Waals surface area contributed by atoms with Gasteiger partial charge in [-0.1, -0.05) is 0 Å². The van der Waals surface area contributed by atoms with Crippen molar-refractivity contribution in [2.24, 2.45) is 13.0 Å². The highest BCUT2D eigenvalue weighted by Gasteiger charge is 2.43. The number of fused-ring (bicyclic) bond motifs is 2. The Morgan fingerprint density at radius 2 is 1.83 bits per heavy atom. The van der Waals surface area contributed by atoms with E-state index < -0.39 is 62.9 Å². The van der Waals surface area contributed by atoms with E-state index in [1.807, 2.05) is 0 Å². The van der Waals surface area contributed by atoms with Crippen LogP contribution in [0.15, 0.2) is 23.2 Å². The Hall–Kier alpha value is -3.59. The van der Waals surface area contributed by atoms with E-state index in [0.717, 1.165) is 22.8 Å². The van der Waals surface area contributed by atoms with E-state index in [2.05, 4.69) is 14.8 Å². The molecule has 15 heteroatoms. The van der Waals surface area contributed by atoms with Gasteiger partial charge in [0.25, 0.3) is 5.91 Å². The summed E-state index contributed by atoms with van der Waals surface area (Å²) < 4.78 is 80.1. The van der Waals surface area contributed by atoms with Crippen LogP contribution in [-0.4, -0.2) is 68.5 Å². The number of rotatable bonds is 2. The molecule has 0 radical (unpaired) electrons. The Bertz CT molecular complexity index is 1320. The molecule has 0 saturated carbocycles. The summed E-state index contributed by atoms with van der Waals surface area (Å²) in [6, 6.07) is 0.362. The minimum Gasteiger partial charge on any atom is -0.489 e. The molecule has 0 spiro atoms. The van der Waals surface area contributed by atoms with Gasteiger partial charge in [-0.3, -0.25) is 9.59 Å². The summed E-state index contributed by atoms with van der Waals surface area (Å²) in [5.41, 5.74) is -0.685. The Balaban J connectivity index is 1.63. The van der Waals surface area contributed by atoms with E-state index >= 15 is 0 Å². The number of likely N-dealkylation sites (tertiary alicyclic amines) is 1. The molecule has 3 heterocycles. The van der Waals surface area contributed by atoms with Crippen LogP contribution in [0, 0.1) is 23.4 Å². The molecule has 1 fully saturated rings. The van der Waals surface area contributed by atoms with E-state index in [9.17, 15) is 36.0 Å². The quantitative estimate of drug-likeness (QED) is 0.334. The number of nitrogens with zero attached hydrogens (tertiary/aromatic N) is 2. The van der Waals surface area contributed by atoms with Crippen LogP contribution in [0.2, 0.25) is 0 Å². The summed E-state index contributed by atoms with van der Waals surface area (Å²) in [5, 5.41) is 2.19. The lowest BCUT2D eigenvalue weighted by molar-refractivity contribution is -0.157. The highest BCUT2D eigenvalue weighted by Crippen LogP contribution is 2.35. The minimum atomic E-state index is -4.26. The number of amides is 2. The molecule has 2 N–H and O–H groups in total. The van der Waals surface area contributed by atoms with Crippen LogP contribution < -0.4 is 14.8 Å². The number of hydrogen-bond donors (Lipinski definition) is 2. The molecule has 2 aliphatic rings. The molecule has 2 unspecified atom stereocenters. The third kappa shape index (κ3) is 4.43. The van der Waals surface area contributed by atoms with Gasteiger partial charge in [0.15, 0.2) is 28.9 Å². The number of hydrogen-bond acceptors (Lipinski definition) is 7. The standard InChI is InChI=1S/C20H19F3N4O7S/c1-26-7-14-17(16(26)18(28)24-10-3-11(21)15(23)12(22)4-10)34-8-9-5-27(19(29)20(30)33-2)6-13(9)25-35(14,31)32/h3-4,7,9,13,25H,5-6,8H2,1-2H3,(H,24,28). The molecular weight excluding hydrogens is 497 g/mol. The van der Waals surface area contributed by atoms with Crippen molar-refractivity contribution in [3.05, 3.63) is 41.5 Å². The minimum absolute atomic E-state index is 0.0149. The van der Waals surface area contributed by atoms with Gasteiger partial charge < -0.3 is 24.3 Å². The first-order valence-electron chi connectivity index (χ1n) is 10.1. The van der Waals surface area contributed by atoms with E-state index in [0.29, 0.717) is 12.1 Å². The van der Waals surface area contributed by atoms with Gasteiger partial charge in [-0.05, 0) is 0 Å². The first-order chi connectivity index (χ1) is 16.4. The van der Waals surface area contributed by atoms with Gasteiger partial charge in [-0.15, -0.1) is 0 Å². The van der Waals surface area contributed by atoms with Gasteiger partial charge in [0, 0.05) is 56.1 Å². The maximum atomic E-state index is 13.5. The van der Waals surface area contributed by atoms with Crippen molar-refractivity contribution < 1.29 is 45.4 Å². The number of esters is 1. The van der Waals surface area contributed by atoms with Gasteiger partial charge in [-0.2, -0.15) is 0 Å². The van der Waals surface area contributed by atoms with Crippen LogP contribution in [0.25, 0.3) is 0 Å². The number of anilines is 1.